The Bertz CT molecular complexity index is 487. The maximum atomic E-state index is 12.0. The molecule has 1 saturated carbocycles. The zero-order chi connectivity index (χ0) is 14.3. The third-order valence-electron chi connectivity index (χ3n) is 3.37. The minimum absolute atomic E-state index is 0.242. The number of carbonyl (C=O) groups excluding carboxylic acids is 1. The van der Waals surface area contributed by atoms with Gasteiger partial charge in [-0.05, 0) is 51.2 Å². The van der Waals surface area contributed by atoms with Gasteiger partial charge in [-0.3, -0.25) is 4.79 Å². The van der Waals surface area contributed by atoms with Crippen LogP contribution in [0.15, 0.2) is 24.3 Å². The van der Waals surface area contributed by atoms with Crippen LogP contribution >= 0.6 is 11.6 Å². The van der Waals surface area contributed by atoms with Gasteiger partial charge in [-0.1, -0.05) is 29.8 Å². The van der Waals surface area contributed by atoms with E-state index in [-0.39, 0.29) is 11.9 Å². The predicted octanol–water partition coefficient (Wildman–Crippen LogP) is 3.26. The second-order valence-corrected chi connectivity index (χ2v) is 6.69. The molecule has 0 amide bonds. The van der Waals surface area contributed by atoms with Crippen molar-refractivity contribution in [3.63, 3.8) is 0 Å². The van der Waals surface area contributed by atoms with Crippen LogP contribution in [-0.4, -0.2) is 17.1 Å². The molecule has 19 heavy (non-hydrogen) atoms. The molecule has 0 unspecified atom stereocenters. The molecule has 1 aliphatic carbocycles. The Morgan fingerprint density at radius 3 is 2.47 bits per heavy atom. The Kier molecular flexibility index (Phi) is 3.63. The van der Waals surface area contributed by atoms with Gasteiger partial charge in [-0.15, -0.1) is 0 Å². The lowest BCUT2D eigenvalue weighted by Crippen LogP contribution is -2.58. The van der Waals surface area contributed by atoms with Crippen LogP contribution < -0.4 is 5.73 Å². The van der Waals surface area contributed by atoms with Crippen LogP contribution in [0, 0.1) is 0 Å². The number of hydrogen-bond acceptors (Lipinski definition) is 3. The highest BCUT2D eigenvalue weighted by atomic mass is 35.5. The van der Waals surface area contributed by atoms with Crippen molar-refractivity contribution in [2.45, 2.75) is 50.7 Å². The molecule has 0 spiro atoms. The fourth-order valence-corrected chi connectivity index (χ4v) is 2.68. The normalized spacial score (nSPS) is 26.7. The lowest BCUT2D eigenvalue weighted by Gasteiger charge is -2.44. The Morgan fingerprint density at radius 2 is 1.95 bits per heavy atom. The maximum absolute atomic E-state index is 12.0. The van der Waals surface area contributed by atoms with E-state index in [4.69, 9.17) is 22.1 Å². The zero-order valence-electron chi connectivity index (χ0n) is 11.6. The summed E-state index contributed by atoms with van der Waals surface area (Å²) in [5.74, 6) is -0.0745. The van der Waals surface area contributed by atoms with E-state index in [9.17, 15) is 4.79 Å². The van der Waals surface area contributed by atoms with Gasteiger partial charge in [0.05, 0.1) is 0 Å². The second kappa shape index (κ2) is 4.80. The first-order valence-electron chi connectivity index (χ1n) is 6.48. The van der Waals surface area contributed by atoms with Gasteiger partial charge in [0.25, 0.3) is 0 Å². The molecule has 0 aromatic heterocycles. The Morgan fingerprint density at radius 1 is 1.37 bits per heavy atom. The molecule has 104 valence electrons. The number of hydrogen-bond donors (Lipinski definition) is 1. The summed E-state index contributed by atoms with van der Waals surface area (Å²) in [5, 5.41) is 0.735. The van der Waals surface area contributed by atoms with Crippen LogP contribution in [0.1, 0.15) is 45.1 Å². The first-order valence-corrected chi connectivity index (χ1v) is 6.86. The third-order valence-corrected chi connectivity index (χ3v) is 3.72. The van der Waals surface area contributed by atoms with Crippen molar-refractivity contribution in [2.75, 3.05) is 0 Å². The van der Waals surface area contributed by atoms with Crippen LogP contribution in [0.3, 0.4) is 0 Å². The molecule has 0 atom stereocenters. The van der Waals surface area contributed by atoms with E-state index in [1.807, 2.05) is 45.0 Å². The molecule has 1 fully saturated rings. The summed E-state index contributed by atoms with van der Waals surface area (Å²) < 4.78 is 5.36. The molecule has 0 bridgehead atoms. The number of benzene rings is 1. The Balaban J connectivity index is 2.02. The fraction of sp³-hybridized carbons (Fsp3) is 0.533. The average Bonchev–Trinajstić information content (AvgIpc) is 2.23. The first kappa shape index (κ1) is 14.4. The molecule has 0 aliphatic heterocycles. The molecular weight excluding hydrogens is 262 g/mol. The summed E-state index contributed by atoms with van der Waals surface area (Å²) in [4.78, 5) is 12.0. The molecule has 2 N–H and O–H groups in total. The molecule has 0 radical (unpaired) electrons. The number of carbonyl (C=O) groups is 1. The molecule has 4 heteroatoms. The lowest BCUT2D eigenvalue weighted by atomic mass is 9.66. The predicted molar refractivity (Wildman–Crippen MR) is 76.2 cm³/mol. The van der Waals surface area contributed by atoms with Crippen molar-refractivity contribution in [2.24, 2.45) is 5.73 Å². The minimum Gasteiger partial charge on any atom is -0.459 e. The topological polar surface area (TPSA) is 52.3 Å². The van der Waals surface area contributed by atoms with E-state index in [0.29, 0.717) is 12.8 Å². The van der Waals surface area contributed by atoms with Crippen LogP contribution in [0.5, 0.6) is 0 Å². The van der Waals surface area contributed by atoms with Gasteiger partial charge in [-0.2, -0.15) is 0 Å². The summed E-state index contributed by atoms with van der Waals surface area (Å²) in [6.07, 6.45) is 1.18. The van der Waals surface area contributed by atoms with E-state index in [2.05, 4.69) is 0 Å². The van der Waals surface area contributed by atoms with Crippen LogP contribution in [0.2, 0.25) is 5.02 Å². The molecule has 1 aliphatic rings. The number of ether oxygens (including phenoxy) is 1. The van der Waals surface area contributed by atoms with Crippen molar-refractivity contribution >= 4 is 17.6 Å². The van der Waals surface area contributed by atoms with Crippen molar-refractivity contribution < 1.29 is 9.53 Å². The molecule has 1 aromatic carbocycles. The van der Waals surface area contributed by atoms with Crippen molar-refractivity contribution in [3.05, 3.63) is 34.9 Å². The van der Waals surface area contributed by atoms with Gasteiger partial charge in [-0.25, -0.2) is 0 Å². The van der Waals surface area contributed by atoms with Gasteiger partial charge in [0, 0.05) is 5.02 Å². The highest BCUT2D eigenvalue weighted by molar-refractivity contribution is 6.31. The van der Waals surface area contributed by atoms with Crippen LogP contribution in [0.4, 0.5) is 0 Å². The standard InChI is InChI=1S/C15H20ClNO2/c1-14(2,3)19-13(18)15(17)8-10(9-15)11-6-4-5-7-12(11)16/h4-7,10H,8-9,17H2,1-3H3. The van der Waals surface area contributed by atoms with Gasteiger partial charge < -0.3 is 10.5 Å². The Labute approximate surface area is 119 Å². The van der Waals surface area contributed by atoms with E-state index in [0.717, 1.165) is 10.6 Å². The van der Waals surface area contributed by atoms with Crippen molar-refractivity contribution in [3.8, 4) is 0 Å². The first-order chi connectivity index (χ1) is 8.71. The smallest absolute Gasteiger partial charge is 0.326 e. The molecular formula is C15H20ClNO2. The summed E-state index contributed by atoms with van der Waals surface area (Å²) in [5.41, 5.74) is 5.81. The molecule has 0 saturated heterocycles. The van der Waals surface area contributed by atoms with E-state index in [1.165, 1.54) is 0 Å². The lowest BCUT2D eigenvalue weighted by molar-refractivity contribution is -0.166. The fourth-order valence-electron chi connectivity index (χ4n) is 2.39. The summed E-state index contributed by atoms with van der Waals surface area (Å²) >= 11 is 6.15. The quantitative estimate of drug-likeness (QED) is 0.847. The van der Waals surface area contributed by atoms with Crippen LogP contribution in [-0.2, 0) is 9.53 Å². The van der Waals surface area contributed by atoms with Gasteiger partial charge >= 0.3 is 5.97 Å². The monoisotopic (exact) mass is 281 g/mol. The van der Waals surface area contributed by atoms with Gasteiger partial charge in [0.1, 0.15) is 11.1 Å². The molecule has 1 aromatic rings. The highest BCUT2D eigenvalue weighted by Crippen LogP contribution is 2.46. The molecule has 2 rings (SSSR count). The number of halogens is 1. The second-order valence-electron chi connectivity index (χ2n) is 6.28. The number of nitrogens with two attached hydrogens (primary N) is 1. The maximum Gasteiger partial charge on any atom is 0.326 e. The van der Waals surface area contributed by atoms with Gasteiger partial charge in [0.2, 0.25) is 0 Å². The Hall–Kier alpha value is -1.06. The van der Waals surface area contributed by atoms with Crippen LogP contribution in [0.25, 0.3) is 0 Å². The largest absolute Gasteiger partial charge is 0.459 e. The highest BCUT2D eigenvalue weighted by Gasteiger charge is 2.50. The van der Waals surface area contributed by atoms with Crippen molar-refractivity contribution in [1.29, 1.82) is 0 Å². The SMILES string of the molecule is CC(C)(C)OC(=O)C1(N)CC(c2ccccc2Cl)C1. The third kappa shape index (κ3) is 3.10. The summed E-state index contributed by atoms with van der Waals surface area (Å²) in [7, 11) is 0. The van der Waals surface area contributed by atoms with E-state index >= 15 is 0 Å². The number of esters is 1. The zero-order valence-corrected chi connectivity index (χ0v) is 12.3. The average molecular weight is 282 g/mol. The summed E-state index contributed by atoms with van der Waals surface area (Å²) in [6, 6.07) is 7.70. The van der Waals surface area contributed by atoms with Crippen molar-refractivity contribution in [1.82, 2.24) is 0 Å². The summed E-state index contributed by atoms with van der Waals surface area (Å²) in [6.45, 7) is 5.54. The van der Waals surface area contributed by atoms with E-state index in [1.54, 1.807) is 0 Å². The molecule has 0 heterocycles. The minimum atomic E-state index is -0.864. The number of rotatable bonds is 2. The van der Waals surface area contributed by atoms with E-state index < -0.39 is 11.1 Å². The molecule has 3 nitrogen and oxygen atoms in total. The van der Waals surface area contributed by atoms with Gasteiger partial charge in [0.15, 0.2) is 0 Å².